The average molecular weight is 364 g/mol. The van der Waals surface area contributed by atoms with Gasteiger partial charge in [-0.05, 0) is 52.4 Å². The summed E-state index contributed by atoms with van der Waals surface area (Å²) < 4.78 is 15.4. The quantitative estimate of drug-likeness (QED) is 0.751. The second-order valence-corrected chi connectivity index (χ2v) is 5.11. The van der Waals surface area contributed by atoms with Crippen LogP contribution in [0.15, 0.2) is 41.3 Å². The largest absolute Gasteiger partial charge is 0.310 e. The van der Waals surface area contributed by atoms with Crippen LogP contribution >= 0.6 is 34.2 Å². The van der Waals surface area contributed by atoms with Crippen LogP contribution in [-0.4, -0.2) is 4.57 Å². The lowest BCUT2D eigenvalue weighted by Crippen LogP contribution is -2.21. The molecule has 0 radical (unpaired) electrons. The van der Waals surface area contributed by atoms with Crippen molar-refractivity contribution in [2.24, 2.45) is 0 Å². The van der Waals surface area contributed by atoms with Gasteiger partial charge in [-0.2, -0.15) is 0 Å². The molecule has 0 saturated heterocycles. The predicted molar refractivity (Wildman–Crippen MR) is 73.9 cm³/mol. The Morgan fingerprint density at radius 1 is 1.35 bits per heavy atom. The maximum Gasteiger partial charge on any atom is 0.264 e. The first-order chi connectivity index (χ1) is 8.08. The predicted octanol–water partition coefficient (Wildman–Crippen LogP) is 3.29. The fourth-order valence-corrected chi connectivity index (χ4v) is 2.10. The molecule has 2 nitrogen and oxygen atoms in total. The maximum absolute atomic E-state index is 13.2. The lowest BCUT2D eigenvalue weighted by Gasteiger charge is -2.06. The SMILES string of the molecule is O=c1c(I)cccn1Cc1ccc(Cl)c(F)c1. The Bertz CT molecular complexity index is 612. The summed E-state index contributed by atoms with van der Waals surface area (Å²) in [6.07, 6.45) is 1.68. The van der Waals surface area contributed by atoms with Crippen LogP contribution in [0.1, 0.15) is 5.56 Å². The summed E-state index contributed by atoms with van der Waals surface area (Å²) in [5, 5.41) is 0.0868. The Labute approximate surface area is 116 Å². The molecule has 1 heterocycles. The number of halogens is 3. The Hall–Kier alpha value is -0.880. The van der Waals surface area contributed by atoms with Gasteiger partial charge in [-0.25, -0.2) is 4.39 Å². The number of hydrogen-bond donors (Lipinski definition) is 0. The van der Waals surface area contributed by atoms with Crippen molar-refractivity contribution >= 4 is 34.2 Å². The van der Waals surface area contributed by atoms with Gasteiger partial charge in [0.25, 0.3) is 5.56 Å². The molecule has 17 heavy (non-hydrogen) atoms. The zero-order valence-corrected chi connectivity index (χ0v) is 11.6. The molecule has 0 atom stereocenters. The minimum atomic E-state index is -0.470. The third kappa shape index (κ3) is 2.87. The highest BCUT2D eigenvalue weighted by Crippen LogP contribution is 2.16. The standard InChI is InChI=1S/C12H8ClFINO/c13-9-4-3-8(6-10(9)14)7-16-5-1-2-11(15)12(16)17/h1-6H,7H2. The number of nitrogens with zero attached hydrogens (tertiary/aromatic N) is 1. The van der Waals surface area contributed by atoms with Gasteiger partial charge in [-0.15, -0.1) is 0 Å². The molecule has 2 aromatic rings. The van der Waals surface area contributed by atoms with Crippen LogP contribution in [0.25, 0.3) is 0 Å². The first-order valence-corrected chi connectivity index (χ1v) is 6.32. The van der Waals surface area contributed by atoms with Gasteiger partial charge < -0.3 is 4.57 Å². The summed E-state index contributed by atoms with van der Waals surface area (Å²) >= 11 is 7.57. The van der Waals surface area contributed by atoms with Gasteiger partial charge in [-0.3, -0.25) is 4.79 Å². The number of rotatable bonds is 2. The molecular formula is C12H8ClFINO. The molecule has 88 valence electrons. The highest BCUT2D eigenvalue weighted by Gasteiger charge is 2.04. The molecule has 2 rings (SSSR count). The lowest BCUT2D eigenvalue weighted by atomic mass is 10.2. The van der Waals surface area contributed by atoms with E-state index in [9.17, 15) is 9.18 Å². The van der Waals surface area contributed by atoms with Crippen molar-refractivity contribution in [3.63, 3.8) is 0 Å². The Balaban J connectivity index is 2.35. The van der Waals surface area contributed by atoms with E-state index >= 15 is 0 Å². The number of aromatic nitrogens is 1. The van der Waals surface area contributed by atoms with Crippen LogP contribution in [0.4, 0.5) is 4.39 Å². The molecule has 0 amide bonds. The fourth-order valence-electron chi connectivity index (χ4n) is 1.47. The second-order valence-electron chi connectivity index (χ2n) is 3.54. The lowest BCUT2D eigenvalue weighted by molar-refractivity contribution is 0.623. The van der Waals surface area contributed by atoms with Crippen LogP contribution in [0.2, 0.25) is 5.02 Å². The summed E-state index contributed by atoms with van der Waals surface area (Å²) in [7, 11) is 0. The van der Waals surface area contributed by atoms with Crippen molar-refractivity contribution in [1.82, 2.24) is 4.57 Å². The molecule has 0 saturated carbocycles. The van der Waals surface area contributed by atoms with E-state index in [0.29, 0.717) is 15.7 Å². The molecule has 0 aliphatic rings. The van der Waals surface area contributed by atoms with E-state index < -0.39 is 5.82 Å². The van der Waals surface area contributed by atoms with Gasteiger partial charge in [0, 0.05) is 6.20 Å². The smallest absolute Gasteiger partial charge is 0.264 e. The van der Waals surface area contributed by atoms with Crippen molar-refractivity contribution in [2.45, 2.75) is 6.54 Å². The van der Waals surface area contributed by atoms with E-state index in [2.05, 4.69) is 0 Å². The van der Waals surface area contributed by atoms with Crippen molar-refractivity contribution in [3.05, 3.63) is 66.9 Å². The molecule has 1 aromatic carbocycles. The van der Waals surface area contributed by atoms with E-state index in [1.54, 1.807) is 24.4 Å². The Morgan fingerprint density at radius 3 is 2.82 bits per heavy atom. The Kier molecular flexibility index (Phi) is 3.83. The van der Waals surface area contributed by atoms with Gasteiger partial charge in [0.2, 0.25) is 0 Å². The van der Waals surface area contributed by atoms with Crippen LogP contribution in [-0.2, 0) is 6.54 Å². The minimum Gasteiger partial charge on any atom is -0.310 e. The molecule has 0 bridgehead atoms. The summed E-state index contributed by atoms with van der Waals surface area (Å²) in [6.45, 7) is 0.337. The monoisotopic (exact) mass is 363 g/mol. The molecule has 1 aromatic heterocycles. The zero-order valence-electron chi connectivity index (χ0n) is 8.66. The first-order valence-electron chi connectivity index (χ1n) is 4.87. The van der Waals surface area contributed by atoms with Crippen LogP contribution in [0.3, 0.4) is 0 Å². The molecule has 0 spiro atoms. The van der Waals surface area contributed by atoms with E-state index in [1.807, 2.05) is 22.6 Å². The number of benzene rings is 1. The van der Waals surface area contributed by atoms with Crippen molar-refractivity contribution in [2.75, 3.05) is 0 Å². The number of pyridine rings is 1. The van der Waals surface area contributed by atoms with E-state index in [-0.39, 0.29) is 10.6 Å². The summed E-state index contributed by atoms with van der Waals surface area (Å²) in [6, 6.07) is 8.06. The Morgan fingerprint density at radius 2 is 2.12 bits per heavy atom. The van der Waals surface area contributed by atoms with Gasteiger partial charge >= 0.3 is 0 Å². The summed E-state index contributed by atoms with van der Waals surface area (Å²) in [5.41, 5.74) is 0.624. The first kappa shape index (κ1) is 12.6. The van der Waals surface area contributed by atoms with Gasteiger partial charge in [0.05, 0.1) is 15.1 Å². The molecule has 0 unspecified atom stereocenters. The second kappa shape index (κ2) is 5.18. The highest BCUT2D eigenvalue weighted by molar-refractivity contribution is 14.1. The molecule has 0 N–H and O–H groups in total. The van der Waals surface area contributed by atoms with Crippen LogP contribution < -0.4 is 5.56 Å². The zero-order chi connectivity index (χ0) is 12.4. The molecule has 0 aliphatic heterocycles. The highest BCUT2D eigenvalue weighted by atomic mass is 127. The fraction of sp³-hybridized carbons (Fsp3) is 0.0833. The van der Waals surface area contributed by atoms with E-state index in [1.165, 1.54) is 16.7 Å². The molecular weight excluding hydrogens is 355 g/mol. The summed E-state index contributed by atoms with van der Waals surface area (Å²) in [4.78, 5) is 11.8. The average Bonchev–Trinajstić information content (AvgIpc) is 2.30. The molecule has 0 fully saturated rings. The van der Waals surface area contributed by atoms with Crippen molar-refractivity contribution in [1.29, 1.82) is 0 Å². The number of hydrogen-bond acceptors (Lipinski definition) is 1. The molecule has 0 aliphatic carbocycles. The topological polar surface area (TPSA) is 22.0 Å². The van der Waals surface area contributed by atoms with Gasteiger partial charge in [0.15, 0.2) is 0 Å². The third-order valence-electron chi connectivity index (χ3n) is 2.31. The van der Waals surface area contributed by atoms with Crippen molar-refractivity contribution in [3.8, 4) is 0 Å². The third-order valence-corrected chi connectivity index (χ3v) is 3.44. The van der Waals surface area contributed by atoms with Crippen molar-refractivity contribution < 1.29 is 4.39 Å². The molecule has 5 heteroatoms. The minimum absolute atomic E-state index is 0.0801. The maximum atomic E-state index is 13.2. The van der Waals surface area contributed by atoms with E-state index in [0.717, 1.165) is 0 Å². The van der Waals surface area contributed by atoms with Crippen LogP contribution in [0.5, 0.6) is 0 Å². The van der Waals surface area contributed by atoms with Gasteiger partial charge in [-0.1, -0.05) is 17.7 Å². The van der Waals surface area contributed by atoms with Gasteiger partial charge in [0.1, 0.15) is 5.82 Å². The normalized spacial score (nSPS) is 10.5. The van der Waals surface area contributed by atoms with E-state index in [4.69, 9.17) is 11.6 Å². The summed E-state index contributed by atoms with van der Waals surface area (Å²) in [5.74, 6) is -0.470. The van der Waals surface area contributed by atoms with Crippen LogP contribution in [0, 0.1) is 9.39 Å².